The summed E-state index contributed by atoms with van der Waals surface area (Å²) in [6, 6.07) is 13.1. The Hall–Kier alpha value is -4.22. The summed E-state index contributed by atoms with van der Waals surface area (Å²) in [7, 11) is 0. The fourth-order valence-corrected chi connectivity index (χ4v) is 5.27. The second-order valence-corrected chi connectivity index (χ2v) is 10.7. The highest BCUT2D eigenvalue weighted by Crippen LogP contribution is 2.20. The molecule has 2 heterocycles. The Labute approximate surface area is 245 Å². The summed E-state index contributed by atoms with van der Waals surface area (Å²) in [4.78, 5) is 55.4. The minimum Gasteiger partial charge on any atom is -0.480 e. The zero-order valence-corrected chi connectivity index (χ0v) is 23.6. The molecule has 42 heavy (non-hydrogen) atoms. The molecule has 1 saturated heterocycles. The van der Waals surface area contributed by atoms with Crippen molar-refractivity contribution in [2.75, 3.05) is 13.1 Å². The third kappa shape index (κ3) is 8.40. The molecule has 0 aliphatic carbocycles. The summed E-state index contributed by atoms with van der Waals surface area (Å²) in [6.45, 7) is 1.19. The molecule has 1 aliphatic heterocycles. The van der Waals surface area contributed by atoms with Gasteiger partial charge in [0.15, 0.2) is 0 Å². The molecule has 1 aromatic heterocycles. The maximum atomic E-state index is 13.6. The second-order valence-electron chi connectivity index (χ2n) is 10.7. The second kappa shape index (κ2) is 15.1. The summed E-state index contributed by atoms with van der Waals surface area (Å²) in [5.74, 6) is -2.57. The molecular formula is C31H40N6O5. The van der Waals surface area contributed by atoms with Crippen LogP contribution >= 0.6 is 0 Å². The monoisotopic (exact) mass is 576 g/mol. The van der Waals surface area contributed by atoms with Gasteiger partial charge in [-0.2, -0.15) is 0 Å². The molecule has 0 spiro atoms. The Morgan fingerprint density at radius 1 is 0.881 bits per heavy atom. The number of aromatic amines is 1. The number of fused-ring (bicyclic) bond motifs is 1. The maximum absolute atomic E-state index is 13.6. The first-order chi connectivity index (χ1) is 20.4. The highest BCUT2D eigenvalue weighted by Gasteiger charge is 2.32. The first kappa shape index (κ1) is 30.7. The van der Waals surface area contributed by atoms with Crippen molar-refractivity contribution >= 4 is 34.6 Å². The van der Waals surface area contributed by atoms with Gasteiger partial charge in [-0.25, -0.2) is 4.79 Å². The van der Waals surface area contributed by atoms with Crippen LogP contribution in [0.4, 0.5) is 0 Å². The van der Waals surface area contributed by atoms with Crippen molar-refractivity contribution in [2.45, 2.75) is 69.1 Å². The van der Waals surface area contributed by atoms with Crippen molar-refractivity contribution in [2.24, 2.45) is 5.73 Å². The van der Waals surface area contributed by atoms with Crippen molar-refractivity contribution in [3.63, 3.8) is 0 Å². The summed E-state index contributed by atoms with van der Waals surface area (Å²) in [5, 5.41) is 22.2. The number of hydrogen-bond acceptors (Lipinski definition) is 6. The van der Waals surface area contributed by atoms with Crippen LogP contribution in [0.1, 0.15) is 43.2 Å². The van der Waals surface area contributed by atoms with Gasteiger partial charge in [-0.05, 0) is 62.4 Å². The van der Waals surface area contributed by atoms with E-state index in [1.165, 1.54) is 0 Å². The molecule has 3 amide bonds. The van der Waals surface area contributed by atoms with E-state index >= 15 is 0 Å². The van der Waals surface area contributed by atoms with Gasteiger partial charge in [0.25, 0.3) is 0 Å². The van der Waals surface area contributed by atoms with Gasteiger partial charge in [0.05, 0.1) is 6.04 Å². The van der Waals surface area contributed by atoms with Crippen LogP contribution < -0.4 is 27.0 Å². The molecule has 3 aromatic rings. The van der Waals surface area contributed by atoms with Crippen LogP contribution in [0.5, 0.6) is 0 Å². The number of unbranched alkanes of at least 4 members (excludes halogenated alkanes) is 1. The molecule has 1 fully saturated rings. The zero-order chi connectivity index (χ0) is 29.9. The average molecular weight is 577 g/mol. The number of para-hydroxylation sites is 1. The van der Waals surface area contributed by atoms with Crippen LogP contribution in [-0.4, -0.2) is 71.0 Å². The van der Waals surface area contributed by atoms with Gasteiger partial charge in [0.2, 0.25) is 17.7 Å². The highest BCUT2D eigenvalue weighted by atomic mass is 16.4. The molecule has 2 aromatic carbocycles. The largest absolute Gasteiger partial charge is 0.480 e. The SMILES string of the molecule is NCCCCC(NC(=O)C1CCCN1)C(=O)NC(Cc1c[nH]c2ccccc12)C(=O)NC(Cc1ccccc1)C(=O)O. The maximum Gasteiger partial charge on any atom is 0.326 e. The third-order valence-corrected chi connectivity index (χ3v) is 7.59. The molecule has 4 atom stereocenters. The van der Waals surface area contributed by atoms with Crippen molar-refractivity contribution in [1.29, 1.82) is 0 Å². The Morgan fingerprint density at radius 2 is 1.60 bits per heavy atom. The van der Waals surface area contributed by atoms with Crippen LogP contribution in [0.15, 0.2) is 60.8 Å². The van der Waals surface area contributed by atoms with E-state index in [-0.39, 0.29) is 24.8 Å². The standard InChI is InChI=1S/C31H40N6O5/c32-15-7-6-13-25(35-28(38)24-14-8-16-33-24)29(39)36-26(18-21-19-34-23-12-5-4-11-22(21)23)30(40)37-27(31(41)42)17-20-9-2-1-3-10-20/h1-5,9-12,19,24-27,33-34H,6-8,13-18,32H2,(H,35,38)(H,36,39)(H,37,40)(H,41,42). The van der Waals surface area contributed by atoms with E-state index in [9.17, 15) is 24.3 Å². The lowest BCUT2D eigenvalue weighted by atomic mass is 10.0. The fourth-order valence-electron chi connectivity index (χ4n) is 5.27. The number of nitrogens with one attached hydrogen (secondary N) is 5. The molecule has 11 heteroatoms. The number of aliphatic carboxylic acids is 1. The number of nitrogens with two attached hydrogens (primary N) is 1. The molecular weight excluding hydrogens is 536 g/mol. The van der Waals surface area contributed by atoms with Crippen LogP contribution in [0, 0.1) is 0 Å². The Morgan fingerprint density at radius 3 is 2.31 bits per heavy atom. The van der Waals surface area contributed by atoms with Crippen molar-refractivity contribution < 1.29 is 24.3 Å². The Kier molecular flexibility index (Phi) is 11.1. The topological polar surface area (TPSA) is 178 Å². The molecule has 4 unspecified atom stereocenters. The molecule has 0 radical (unpaired) electrons. The summed E-state index contributed by atoms with van der Waals surface area (Å²) < 4.78 is 0. The molecule has 4 rings (SSSR count). The van der Waals surface area contributed by atoms with Crippen molar-refractivity contribution in [1.82, 2.24) is 26.3 Å². The minimum atomic E-state index is -1.20. The summed E-state index contributed by atoms with van der Waals surface area (Å²) in [6.07, 6.45) is 5.20. The van der Waals surface area contributed by atoms with Crippen molar-refractivity contribution in [3.05, 3.63) is 71.9 Å². The van der Waals surface area contributed by atoms with E-state index in [0.29, 0.717) is 32.2 Å². The lowest BCUT2D eigenvalue weighted by molar-refractivity contribution is -0.142. The average Bonchev–Trinajstić information content (AvgIpc) is 3.67. The molecule has 8 N–H and O–H groups in total. The van der Waals surface area contributed by atoms with Crippen LogP contribution in [0.3, 0.4) is 0 Å². The third-order valence-electron chi connectivity index (χ3n) is 7.59. The number of carbonyl (C=O) groups is 4. The van der Waals surface area contributed by atoms with Gasteiger partial charge < -0.3 is 37.1 Å². The van der Waals surface area contributed by atoms with Crippen LogP contribution in [-0.2, 0) is 32.0 Å². The molecule has 11 nitrogen and oxygen atoms in total. The number of aromatic nitrogens is 1. The predicted molar refractivity (Wildman–Crippen MR) is 160 cm³/mol. The van der Waals surface area contributed by atoms with Gasteiger partial charge in [-0.15, -0.1) is 0 Å². The van der Waals surface area contributed by atoms with E-state index in [2.05, 4.69) is 26.3 Å². The van der Waals surface area contributed by atoms with Gasteiger partial charge in [0, 0.05) is 29.9 Å². The zero-order valence-electron chi connectivity index (χ0n) is 23.6. The number of benzene rings is 2. The number of carbonyl (C=O) groups excluding carboxylic acids is 3. The highest BCUT2D eigenvalue weighted by molar-refractivity contribution is 5.95. The Balaban J connectivity index is 1.55. The summed E-state index contributed by atoms with van der Waals surface area (Å²) >= 11 is 0. The molecule has 224 valence electrons. The predicted octanol–water partition coefficient (Wildman–Crippen LogP) is 1.37. The molecule has 0 bridgehead atoms. The van der Waals surface area contributed by atoms with Crippen LogP contribution in [0.2, 0.25) is 0 Å². The number of hydrogen-bond donors (Lipinski definition) is 7. The van der Waals surface area contributed by atoms with E-state index in [1.54, 1.807) is 30.5 Å². The summed E-state index contributed by atoms with van der Waals surface area (Å²) in [5.41, 5.74) is 8.08. The number of rotatable bonds is 15. The van der Waals surface area contributed by atoms with E-state index < -0.39 is 35.9 Å². The first-order valence-electron chi connectivity index (χ1n) is 14.5. The molecule has 0 saturated carbocycles. The number of carboxylic acid groups (broad SMARTS) is 1. The number of carboxylic acids is 1. The molecule has 1 aliphatic rings. The van der Waals surface area contributed by atoms with Crippen molar-refractivity contribution in [3.8, 4) is 0 Å². The normalized spacial score (nSPS) is 16.8. The van der Waals surface area contributed by atoms with E-state index in [1.807, 2.05) is 30.3 Å². The lowest BCUT2D eigenvalue weighted by Crippen LogP contribution is -2.57. The Bertz CT molecular complexity index is 1350. The number of amides is 3. The van der Waals surface area contributed by atoms with E-state index in [0.717, 1.165) is 35.0 Å². The van der Waals surface area contributed by atoms with Gasteiger partial charge in [-0.1, -0.05) is 48.5 Å². The quantitative estimate of drug-likeness (QED) is 0.134. The van der Waals surface area contributed by atoms with Gasteiger partial charge >= 0.3 is 5.97 Å². The van der Waals surface area contributed by atoms with Crippen LogP contribution in [0.25, 0.3) is 10.9 Å². The fraction of sp³-hybridized carbons (Fsp3) is 0.419. The lowest BCUT2D eigenvalue weighted by Gasteiger charge is -2.25. The van der Waals surface area contributed by atoms with E-state index in [4.69, 9.17) is 5.73 Å². The first-order valence-corrected chi connectivity index (χ1v) is 14.5. The number of H-pyrrole nitrogens is 1. The van der Waals surface area contributed by atoms with Gasteiger partial charge in [-0.3, -0.25) is 14.4 Å². The minimum absolute atomic E-state index is 0.0851. The smallest absolute Gasteiger partial charge is 0.326 e. The van der Waals surface area contributed by atoms with Gasteiger partial charge in [0.1, 0.15) is 18.1 Å².